The van der Waals surface area contributed by atoms with E-state index in [4.69, 9.17) is 4.74 Å². The quantitative estimate of drug-likeness (QED) is 0.585. The highest BCUT2D eigenvalue weighted by Gasteiger charge is 2.28. The summed E-state index contributed by atoms with van der Waals surface area (Å²) in [6, 6.07) is 10.2. The summed E-state index contributed by atoms with van der Waals surface area (Å²) in [6.07, 6.45) is 2.42. The van der Waals surface area contributed by atoms with Crippen molar-refractivity contribution in [1.29, 1.82) is 0 Å². The Labute approximate surface area is 176 Å². The zero-order chi connectivity index (χ0) is 20.6. The van der Waals surface area contributed by atoms with Gasteiger partial charge in [-0.25, -0.2) is 4.98 Å². The summed E-state index contributed by atoms with van der Waals surface area (Å²) in [6.45, 7) is 7.30. The summed E-state index contributed by atoms with van der Waals surface area (Å²) >= 11 is 1.47. The van der Waals surface area contributed by atoms with Gasteiger partial charge in [-0.2, -0.15) is 0 Å². The van der Waals surface area contributed by atoms with Crippen LogP contribution >= 0.6 is 11.3 Å². The second kappa shape index (κ2) is 10.5. The number of esters is 1. The summed E-state index contributed by atoms with van der Waals surface area (Å²) in [7, 11) is 0. The van der Waals surface area contributed by atoms with E-state index in [2.05, 4.69) is 16.8 Å². The SMILES string of the molecule is CCOC(=O)CCN(CC1CCCN1CC)C(=O)c1csc(-c2ccccc2)n1. The van der Waals surface area contributed by atoms with Gasteiger partial charge in [0.1, 0.15) is 10.7 Å². The monoisotopic (exact) mass is 415 g/mol. The second-order valence-electron chi connectivity index (χ2n) is 7.13. The first kappa shape index (κ1) is 21.5. The van der Waals surface area contributed by atoms with Crippen molar-refractivity contribution >= 4 is 23.2 Å². The molecule has 0 N–H and O–H groups in total. The van der Waals surface area contributed by atoms with Gasteiger partial charge >= 0.3 is 5.97 Å². The van der Waals surface area contributed by atoms with Gasteiger partial charge in [0, 0.05) is 30.1 Å². The van der Waals surface area contributed by atoms with Crippen molar-refractivity contribution in [3.63, 3.8) is 0 Å². The molecule has 2 heterocycles. The van der Waals surface area contributed by atoms with E-state index >= 15 is 0 Å². The van der Waals surface area contributed by atoms with Crippen LogP contribution in [-0.4, -0.2) is 65.5 Å². The molecule has 1 saturated heterocycles. The minimum absolute atomic E-state index is 0.115. The van der Waals surface area contributed by atoms with Crippen molar-refractivity contribution in [1.82, 2.24) is 14.8 Å². The third-order valence-corrected chi connectivity index (χ3v) is 6.15. The van der Waals surface area contributed by atoms with Gasteiger partial charge < -0.3 is 9.64 Å². The molecule has 1 aliphatic heterocycles. The third-order valence-electron chi connectivity index (χ3n) is 5.26. The van der Waals surface area contributed by atoms with Crippen LogP contribution in [0.3, 0.4) is 0 Å². The van der Waals surface area contributed by atoms with Crippen LogP contribution in [0.15, 0.2) is 35.7 Å². The van der Waals surface area contributed by atoms with Crippen LogP contribution in [0.5, 0.6) is 0 Å². The van der Waals surface area contributed by atoms with Crippen LogP contribution in [0, 0.1) is 0 Å². The Morgan fingerprint density at radius 2 is 2.07 bits per heavy atom. The lowest BCUT2D eigenvalue weighted by Crippen LogP contribution is -2.44. The van der Waals surface area contributed by atoms with Crippen molar-refractivity contribution in [2.45, 2.75) is 39.2 Å². The maximum Gasteiger partial charge on any atom is 0.307 e. The standard InChI is InChI=1S/C22H29N3O3S/c1-3-24-13-8-11-18(24)15-25(14-12-20(26)28-4-2)22(27)19-16-29-21(23-19)17-9-6-5-7-10-17/h5-7,9-10,16,18H,3-4,8,11-15H2,1-2H3. The Balaban J connectivity index is 1.74. The van der Waals surface area contributed by atoms with E-state index in [1.165, 1.54) is 11.3 Å². The van der Waals surface area contributed by atoms with Crippen LogP contribution in [-0.2, 0) is 9.53 Å². The molecule has 0 bridgehead atoms. The molecule has 1 aliphatic rings. The largest absolute Gasteiger partial charge is 0.466 e. The maximum atomic E-state index is 13.2. The number of hydrogen-bond acceptors (Lipinski definition) is 6. The number of hydrogen-bond donors (Lipinski definition) is 0. The molecule has 1 amide bonds. The van der Waals surface area contributed by atoms with Gasteiger partial charge in [-0.15, -0.1) is 11.3 Å². The van der Waals surface area contributed by atoms with Crippen molar-refractivity contribution in [2.24, 2.45) is 0 Å². The van der Waals surface area contributed by atoms with E-state index in [-0.39, 0.29) is 18.3 Å². The number of benzene rings is 1. The van der Waals surface area contributed by atoms with Crippen molar-refractivity contribution < 1.29 is 14.3 Å². The number of carbonyl (C=O) groups excluding carboxylic acids is 2. The molecule has 0 spiro atoms. The summed E-state index contributed by atoms with van der Waals surface area (Å²) in [5.74, 6) is -0.386. The predicted molar refractivity (Wildman–Crippen MR) is 115 cm³/mol. The number of thiazole rings is 1. The fraction of sp³-hybridized carbons (Fsp3) is 0.500. The molecule has 0 saturated carbocycles. The molecule has 2 aromatic rings. The van der Waals surface area contributed by atoms with E-state index < -0.39 is 0 Å². The van der Waals surface area contributed by atoms with Gasteiger partial charge in [-0.3, -0.25) is 14.5 Å². The lowest BCUT2D eigenvalue weighted by Gasteiger charge is -2.29. The van der Waals surface area contributed by atoms with E-state index in [9.17, 15) is 9.59 Å². The first-order valence-corrected chi connectivity index (χ1v) is 11.2. The van der Waals surface area contributed by atoms with E-state index in [0.717, 1.165) is 36.5 Å². The number of amides is 1. The molecule has 1 aromatic carbocycles. The molecular formula is C22H29N3O3S. The topological polar surface area (TPSA) is 62.7 Å². The van der Waals surface area contributed by atoms with Crippen molar-refractivity contribution in [3.8, 4) is 10.6 Å². The van der Waals surface area contributed by atoms with Gasteiger partial charge in [-0.1, -0.05) is 37.3 Å². The lowest BCUT2D eigenvalue weighted by molar-refractivity contribution is -0.143. The molecule has 1 unspecified atom stereocenters. The zero-order valence-electron chi connectivity index (χ0n) is 17.2. The number of carbonyl (C=O) groups is 2. The highest BCUT2D eigenvalue weighted by atomic mass is 32.1. The van der Waals surface area contributed by atoms with Gasteiger partial charge in [0.15, 0.2) is 0 Å². The zero-order valence-corrected chi connectivity index (χ0v) is 18.0. The number of aromatic nitrogens is 1. The number of ether oxygens (including phenoxy) is 1. The Hall–Kier alpha value is -2.25. The maximum absolute atomic E-state index is 13.2. The molecule has 1 atom stereocenters. The Bertz CT molecular complexity index is 809. The fourth-order valence-corrected chi connectivity index (χ4v) is 4.56. The van der Waals surface area contributed by atoms with Gasteiger partial charge in [0.2, 0.25) is 0 Å². The average Bonchev–Trinajstić information content (AvgIpc) is 3.41. The van der Waals surface area contributed by atoms with Crippen LogP contribution < -0.4 is 0 Å². The molecule has 1 fully saturated rings. The first-order valence-electron chi connectivity index (χ1n) is 10.3. The molecule has 0 radical (unpaired) electrons. The molecule has 6 nitrogen and oxygen atoms in total. The number of rotatable bonds is 9. The normalized spacial score (nSPS) is 16.7. The number of nitrogens with zero attached hydrogens (tertiary/aromatic N) is 3. The third kappa shape index (κ3) is 5.64. The van der Waals surface area contributed by atoms with Crippen LogP contribution in [0.1, 0.15) is 43.6 Å². The van der Waals surface area contributed by atoms with Gasteiger partial charge in [0.05, 0.1) is 13.0 Å². The molecule has 156 valence electrons. The molecule has 1 aromatic heterocycles. The van der Waals surface area contributed by atoms with Gasteiger partial charge in [-0.05, 0) is 32.9 Å². The highest BCUT2D eigenvalue weighted by Crippen LogP contribution is 2.25. The first-order chi connectivity index (χ1) is 14.1. The fourth-order valence-electron chi connectivity index (χ4n) is 3.76. The molecule has 0 aliphatic carbocycles. The van der Waals surface area contributed by atoms with Crippen LogP contribution in [0.4, 0.5) is 0 Å². The minimum Gasteiger partial charge on any atom is -0.466 e. The lowest BCUT2D eigenvalue weighted by atomic mass is 10.2. The van der Waals surface area contributed by atoms with Gasteiger partial charge in [0.25, 0.3) is 5.91 Å². The smallest absolute Gasteiger partial charge is 0.307 e. The van der Waals surface area contributed by atoms with E-state index in [1.54, 1.807) is 11.8 Å². The predicted octanol–water partition coefficient (Wildman–Crippen LogP) is 3.69. The molecule has 29 heavy (non-hydrogen) atoms. The van der Waals surface area contributed by atoms with Crippen molar-refractivity contribution in [2.75, 3.05) is 32.8 Å². The van der Waals surface area contributed by atoms with Crippen LogP contribution in [0.25, 0.3) is 10.6 Å². The number of likely N-dealkylation sites (N-methyl/N-ethyl adjacent to an activating group) is 1. The Kier molecular flexibility index (Phi) is 7.77. The second-order valence-corrected chi connectivity index (χ2v) is 7.99. The summed E-state index contributed by atoms with van der Waals surface area (Å²) in [4.78, 5) is 33.9. The molecule has 3 rings (SSSR count). The van der Waals surface area contributed by atoms with Crippen LogP contribution in [0.2, 0.25) is 0 Å². The number of likely N-dealkylation sites (tertiary alicyclic amines) is 1. The molecular weight excluding hydrogens is 386 g/mol. The van der Waals surface area contributed by atoms with Crippen molar-refractivity contribution in [3.05, 3.63) is 41.4 Å². The summed E-state index contributed by atoms with van der Waals surface area (Å²) < 4.78 is 5.05. The van der Waals surface area contributed by atoms with E-state index in [1.807, 2.05) is 35.7 Å². The van der Waals surface area contributed by atoms with E-state index in [0.29, 0.717) is 31.4 Å². The Morgan fingerprint density at radius 3 is 2.79 bits per heavy atom. The Morgan fingerprint density at radius 1 is 1.28 bits per heavy atom. The molecule has 7 heteroatoms. The average molecular weight is 416 g/mol. The minimum atomic E-state index is -0.271. The summed E-state index contributed by atoms with van der Waals surface area (Å²) in [5.41, 5.74) is 1.45. The highest BCUT2D eigenvalue weighted by molar-refractivity contribution is 7.13. The summed E-state index contributed by atoms with van der Waals surface area (Å²) in [5, 5.41) is 2.64.